The molecule has 1 amide bonds. The third-order valence-electron chi connectivity index (χ3n) is 2.79. The highest BCUT2D eigenvalue weighted by atomic mass is 16.5. The molecule has 0 saturated heterocycles. The van der Waals surface area contributed by atoms with Gasteiger partial charge in [-0.25, -0.2) is 0 Å². The Morgan fingerprint density at radius 2 is 2.17 bits per heavy atom. The predicted molar refractivity (Wildman–Crippen MR) is 66.3 cm³/mol. The lowest BCUT2D eigenvalue weighted by molar-refractivity contribution is -0.115. The Balaban J connectivity index is 2.08. The molecule has 0 saturated carbocycles. The summed E-state index contributed by atoms with van der Waals surface area (Å²) in [6.07, 6.45) is 0.255. The van der Waals surface area contributed by atoms with Crippen molar-refractivity contribution in [3.63, 3.8) is 0 Å². The van der Waals surface area contributed by atoms with Crippen molar-refractivity contribution in [1.82, 2.24) is 14.9 Å². The molecule has 96 valence electrons. The number of aryl methyl sites for hydroxylation is 4. The molecule has 0 bridgehead atoms. The average Bonchev–Trinajstić information content (AvgIpc) is 2.75. The van der Waals surface area contributed by atoms with Crippen LogP contribution in [0.3, 0.4) is 0 Å². The fourth-order valence-electron chi connectivity index (χ4n) is 1.83. The molecule has 0 fully saturated rings. The SMILES string of the molecule is Cc1cc(NC(=O)Cc2c(C)noc2C)n(C)n1. The van der Waals surface area contributed by atoms with Crippen molar-refractivity contribution in [2.24, 2.45) is 7.05 Å². The number of carbonyl (C=O) groups excluding carboxylic acids is 1. The first-order chi connectivity index (χ1) is 8.47. The van der Waals surface area contributed by atoms with Crippen LogP contribution in [0.2, 0.25) is 0 Å². The van der Waals surface area contributed by atoms with Crippen molar-refractivity contribution in [1.29, 1.82) is 0 Å². The number of nitrogens with one attached hydrogen (secondary N) is 1. The van der Waals surface area contributed by atoms with E-state index in [9.17, 15) is 4.79 Å². The van der Waals surface area contributed by atoms with Gasteiger partial charge in [0, 0.05) is 18.7 Å². The average molecular weight is 248 g/mol. The lowest BCUT2D eigenvalue weighted by Gasteiger charge is -2.04. The molecule has 0 aromatic carbocycles. The second-order valence-electron chi connectivity index (χ2n) is 4.32. The molecule has 2 aromatic heterocycles. The molecule has 0 aliphatic carbocycles. The largest absolute Gasteiger partial charge is 0.361 e. The van der Waals surface area contributed by atoms with Crippen molar-refractivity contribution in [3.8, 4) is 0 Å². The minimum Gasteiger partial charge on any atom is -0.361 e. The Morgan fingerprint density at radius 3 is 2.67 bits per heavy atom. The van der Waals surface area contributed by atoms with Gasteiger partial charge in [-0.2, -0.15) is 5.10 Å². The zero-order chi connectivity index (χ0) is 13.3. The molecule has 1 N–H and O–H groups in total. The van der Waals surface area contributed by atoms with E-state index in [4.69, 9.17) is 4.52 Å². The Labute approximate surface area is 105 Å². The van der Waals surface area contributed by atoms with E-state index in [2.05, 4.69) is 15.6 Å². The van der Waals surface area contributed by atoms with Gasteiger partial charge in [-0.1, -0.05) is 5.16 Å². The monoisotopic (exact) mass is 248 g/mol. The van der Waals surface area contributed by atoms with Gasteiger partial charge in [0.15, 0.2) is 0 Å². The summed E-state index contributed by atoms with van der Waals surface area (Å²) in [7, 11) is 1.79. The van der Waals surface area contributed by atoms with Gasteiger partial charge in [-0.15, -0.1) is 0 Å². The Morgan fingerprint density at radius 1 is 1.44 bits per heavy atom. The fourth-order valence-corrected chi connectivity index (χ4v) is 1.83. The summed E-state index contributed by atoms with van der Waals surface area (Å²) in [5, 5.41) is 10.8. The Bertz CT molecular complexity index is 563. The summed E-state index contributed by atoms with van der Waals surface area (Å²) in [5.74, 6) is 1.26. The van der Waals surface area contributed by atoms with E-state index in [1.165, 1.54) is 0 Å². The van der Waals surface area contributed by atoms with Gasteiger partial charge in [-0.3, -0.25) is 9.48 Å². The molecule has 0 aliphatic rings. The van der Waals surface area contributed by atoms with Crippen molar-refractivity contribution >= 4 is 11.7 Å². The number of carbonyl (C=O) groups is 1. The molecular weight excluding hydrogens is 232 g/mol. The zero-order valence-corrected chi connectivity index (χ0v) is 10.9. The van der Waals surface area contributed by atoms with Crippen LogP contribution >= 0.6 is 0 Å². The highest BCUT2D eigenvalue weighted by molar-refractivity contribution is 5.91. The van der Waals surface area contributed by atoms with Crippen molar-refractivity contribution in [3.05, 3.63) is 28.8 Å². The predicted octanol–water partition coefficient (Wildman–Crippen LogP) is 1.51. The van der Waals surface area contributed by atoms with Gasteiger partial charge in [0.05, 0.1) is 17.8 Å². The van der Waals surface area contributed by atoms with Crippen LogP contribution in [0.5, 0.6) is 0 Å². The molecule has 6 heteroatoms. The molecule has 2 rings (SSSR count). The first-order valence-corrected chi connectivity index (χ1v) is 5.69. The molecule has 2 heterocycles. The van der Waals surface area contributed by atoms with Gasteiger partial charge in [0.25, 0.3) is 0 Å². The molecule has 2 aromatic rings. The minimum absolute atomic E-state index is 0.104. The summed E-state index contributed by atoms with van der Waals surface area (Å²) in [5.41, 5.74) is 2.46. The number of amides is 1. The van der Waals surface area contributed by atoms with Crippen molar-refractivity contribution in [2.45, 2.75) is 27.2 Å². The molecule has 0 unspecified atom stereocenters. The van der Waals surface area contributed by atoms with Gasteiger partial charge in [0.1, 0.15) is 11.6 Å². The lowest BCUT2D eigenvalue weighted by atomic mass is 10.1. The van der Waals surface area contributed by atoms with E-state index < -0.39 is 0 Å². The third-order valence-corrected chi connectivity index (χ3v) is 2.79. The Hall–Kier alpha value is -2.11. The quantitative estimate of drug-likeness (QED) is 0.893. The van der Waals surface area contributed by atoms with Gasteiger partial charge >= 0.3 is 0 Å². The van der Waals surface area contributed by atoms with Crippen LogP contribution in [0.4, 0.5) is 5.82 Å². The first kappa shape index (κ1) is 12.3. The van der Waals surface area contributed by atoms with Crippen molar-refractivity contribution < 1.29 is 9.32 Å². The molecule has 0 radical (unpaired) electrons. The summed E-state index contributed by atoms with van der Waals surface area (Å²) in [4.78, 5) is 11.9. The maximum absolute atomic E-state index is 11.9. The maximum atomic E-state index is 11.9. The van der Waals surface area contributed by atoms with E-state index in [0.29, 0.717) is 11.6 Å². The highest BCUT2D eigenvalue weighted by Gasteiger charge is 2.14. The van der Waals surface area contributed by atoms with E-state index >= 15 is 0 Å². The number of nitrogens with zero attached hydrogens (tertiary/aromatic N) is 3. The second kappa shape index (κ2) is 4.64. The van der Waals surface area contributed by atoms with Crippen LogP contribution in [0, 0.1) is 20.8 Å². The van der Waals surface area contributed by atoms with Crippen LogP contribution in [0.1, 0.15) is 22.7 Å². The third kappa shape index (κ3) is 2.42. The minimum atomic E-state index is -0.104. The highest BCUT2D eigenvalue weighted by Crippen LogP contribution is 2.14. The van der Waals surface area contributed by atoms with Crippen LogP contribution in [-0.2, 0) is 18.3 Å². The Kier molecular flexibility index (Phi) is 3.18. The van der Waals surface area contributed by atoms with Crippen molar-refractivity contribution in [2.75, 3.05) is 5.32 Å². The van der Waals surface area contributed by atoms with E-state index in [-0.39, 0.29) is 12.3 Å². The van der Waals surface area contributed by atoms with Gasteiger partial charge < -0.3 is 9.84 Å². The first-order valence-electron chi connectivity index (χ1n) is 5.69. The van der Waals surface area contributed by atoms with E-state index in [0.717, 1.165) is 17.0 Å². The van der Waals surface area contributed by atoms with Gasteiger partial charge in [0.2, 0.25) is 5.91 Å². The smallest absolute Gasteiger partial charge is 0.230 e. The molecule has 0 aliphatic heterocycles. The normalized spacial score (nSPS) is 10.7. The van der Waals surface area contributed by atoms with Crippen LogP contribution in [0.15, 0.2) is 10.6 Å². The number of anilines is 1. The number of hydrogen-bond donors (Lipinski definition) is 1. The zero-order valence-electron chi connectivity index (χ0n) is 10.9. The summed E-state index contributed by atoms with van der Waals surface area (Å²) in [6, 6.07) is 1.82. The molecule has 0 atom stereocenters. The standard InChI is InChI=1S/C12H16N4O2/c1-7-5-11(16(4)14-7)13-12(17)6-10-8(2)15-18-9(10)3/h5H,6H2,1-4H3,(H,13,17). The molecule has 0 spiro atoms. The molecule has 18 heavy (non-hydrogen) atoms. The molecule has 6 nitrogen and oxygen atoms in total. The number of rotatable bonds is 3. The van der Waals surface area contributed by atoms with Crippen LogP contribution in [0.25, 0.3) is 0 Å². The second-order valence-corrected chi connectivity index (χ2v) is 4.32. The number of aromatic nitrogens is 3. The van der Waals surface area contributed by atoms with Crippen LogP contribution in [-0.4, -0.2) is 20.8 Å². The van der Waals surface area contributed by atoms with Crippen LogP contribution < -0.4 is 5.32 Å². The molecular formula is C12H16N4O2. The maximum Gasteiger partial charge on any atom is 0.230 e. The summed E-state index contributed by atoms with van der Waals surface area (Å²) in [6.45, 7) is 5.51. The topological polar surface area (TPSA) is 73.0 Å². The van der Waals surface area contributed by atoms with E-state index in [1.54, 1.807) is 18.7 Å². The summed E-state index contributed by atoms with van der Waals surface area (Å²) < 4.78 is 6.67. The van der Waals surface area contributed by atoms with Gasteiger partial charge in [-0.05, 0) is 20.8 Å². The number of hydrogen-bond acceptors (Lipinski definition) is 4. The lowest BCUT2D eigenvalue weighted by Crippen LogP contribution is -2.17. The summed E-state index contributed by atoms with van der Waals surface area (Å²) >= 11 is 0. The van der Waals surface area contributed by atoms with E-state index in [1.807, 2.05) is 19.9 Å². The fraction of sp³-hybridized carbons (Fsp3) is 0.417.